The summed E-state index contributed by atoms with van der Waals surface area (Å²) < 4.78 is 2.00. The van der Waals surface area contributed by atoms with Crippen LogP contribution in [-0.2, 0) is 11.3 Å². The highest BCUT2D eigenvalue weighted by molar-refractivity contribution is 7.80. The lowest BCUT2D eigenvalue weighted by molar-refractivity contribution is -0.122. The van der Waals surface area contributed by atoms with E-state index in [1.165, 1.54) is 0 Å². The van der Waals surface area contributed by atoms with Crippen LogP contribution in [0.5, 0.6) is 0 Å². The monoisotopic (exact) mass is 408 g/mol. The van der Waals surface area contributed by atoms with E-state index in [4.69, 9.17) is 23.8 Å². The Balaban J connectivity index is 1.45. The Hall–Kier alpha value is -3.09. The van der Waals surface area contributed by atoms with E-state index >= 15 is 0 Å². The largest absolute Gasteiger partial charge is 0.331 e. The standard InChI is InChI=1S/C21H17ClN4OS/c22-14-9-11-15(12-10-14)23-21(28)25-24-20(27)13-26-18-7-3-1-5-16(18)17-6-2-4-8-19(17)26/h1-12H,13H2,(H,24,27)(H2,23,25,28). The number of hydrogen-bond donors (Lipinski definition) is 3. The number of thiocarbonyl (C=S) groups is 1. The van der Waals surface area contributed by atoms with Crippen LogP contribution in [0, 0.1) is 0 Å². The summed E-state index contributed by atoms with van der Waals surface area (Å²) >= 11 is 11.1. The zero-order valence-corrected chi connectivity index (χ0v) is 16.3. The number of fused-ring (bicyclic) bond motifs is 3. The molecule has 1 aromatic heterocycles. The van der Waals surface area contributed by atoms with Gasteiger partial charge in [0.25, 0.3) is 5.91 Å². The van der Waals surface area contributed by atoms with Crippen molar-refractivity contribution in [2.45, 2.75) is 6.54 Å². The number of para-hydroxylation sites is 2. The number of hydrogen-bond acceptors (Lipinski definition) is 2. The van der Waals surface area contributed by atoms with E-state index in [-0.39, 0.29) is 17.6 Å². The van der Waals surface area contributed by atoms with Crippen LogP contribution in [0.4, 0.5) is 5.69 Å². The molecule has 0 aliphatic carbocycles. The maximum atomic E-state index is 12.5. The molecule has 140 valence electrons. The summed E-state index contributed by atoms with van der Waals surface area (Å²) in [6, 6.07) is 23.2. The van der Waals surface area contributed by atoms with Gasteiger partial charge in [-0.2, -0.15) is 0 Å². The van der Waals surface area contributed by atoms with Gasteiger partial charge in [0.15, 0.2) is 5.11 Å². The van der Waals surface area contributed by atoms with Crippen molar-refractivity contribution in [3.8, 4) is 0 Å². The number of nitrogens with zero attached hydrogens (tertiary/aromatic N) is 1. The number of benzene rings is 3. The van der Waals surface area contributed by atoms with E-state index in [2.05, 4.69) is 28.3 Å². The quantitative estimate of drug-likeness (QED) is 0.346. The molecule has 5 nitrogen and oxygen atoms in total. The van der Waals surface area contributed by atoms with Gasteiger partial charge in [-0.3, -0.25) is 15.6 Å². The van der Waals surface area contributed by atoms with E-state index in [0.717, 1.165) is 27.5 Å². The fraction of sp³-hybridized carbons (Fsp3) is 0.0476. The molecule has 0 spiro atoms. The zero-order valence-electron chi connectivity index (χ0n) is 14.8. The first kappa shape index (κ1) is 18.3. The van der Waals surface area contributed by atoms with Gasteiger partial charge in [-0.05, 0) is 48.6 Å². The SMILES string of the molecule is O=C(Cn1c2ccccc2c2ccccc21)NNC(=S)Nc1ccc(Cl)cc1. The third-order valence-electron chi connectivity index (χ3n) is 4.40. The molecule has 4 aromatic rings. The highest BCUT2D eigenvalue weighted by atomic mass is 35.5. The average molecular weight is 409 g/mol. The van der Waals surface area contributed by atoms with Crippen molar-refractivity contribution >= 4 is 62.3 Å². The fourth-order valence-corrected chi connectivity index (χ4v) is 3.47. The van der Waals surface area contributed by atoms with Gasteiger partial charge in [0, 0.05) is 32.5 Å². The Morgan fingerprint density at radius 3 is 2.04 bits per heavy atom. The summed E-state index contributed by atoms with van der Waals surface area (Å²) in [6.07, 6.45) is 0. The summed E-state index contributed by atoms with van der Waals surface area (Å²) in [5, 5.41) is 6.16. The lowest BCUT2D eigenvalue weighted by Crippen LogP contribution is -2.45. The Kier molecular flexibility index (Phi) is 5.14. The lowest BCUT2D eigenvalue weighted by atomic mass is 10.2. The number of hydrazine groups is 1. The summed E-state index contributed by atoms with van der Waals surface area (Å²) in [5.74, 6) is -0.202. The van der Waals surface area contributed by atoms with Crippen molar-refractivity contribution in [1.29, 1.82) is 0 Å². The molecular weight excluding hydrogens is 392 g/mol. The van der Waals surface area contributed by atoms with Crippen LogP contribution in [0.2, 0.25) is 5.02 Å². The van der Waals surface area contributed by atoms with Gasteiger partial charge in [0.2, 0.25) is 0 Å². The molecule has 1 amide bonds. The number of nitrogens with one attached hydrogen (secondary N) is 3. The van der Waals surface area contributed by atoms with Gasteiger partial charge in [0.1, 0.15) is 6.54 Å². The van der Waals surface area contributed by atoms with Gasteiger partial charge in [-0.1, -0.05) is 48.0 Å². The number of carbonyl (C=O) groups is 1. The molecule has 0 saturated carbocycles. The summed E-state index contributed by atoms with van der Waals surface area (Å²) in [5.41, 5.74) is 8.18. The van der Waals surface area contributed by atoms with Gasteiger partial charge < -0.3 is 9.88 Å². The number of anilines is 1. The maximum absolute atomic E-state index is 12.5. The van der Waals surface area contributed by atoms with Crippen LogP contribution in [-0.4, -0.2) is 15.6 Å². The van der Waals surface area contributed by atoms with Crippen molar-refractivity contribution in [1.82, 2.24) is 15.4 Å². The van der Waals surface area contributed by atoms with Crippen LogP contribution >= 0.6 is 23.8 Å². The number of carbonyl (C=O) groups excluding carboxylic acids is 1. The minimum atomic E-state index is -0.202. The minimum Gasteiger partial charge on any atom is -0.331 e. The molecule has 7 heteroatoms. The molecule has 3 N–H and O–H groups in total. The van der Waals surface area contributed by atoms with Crippen molar-refractivity contribution < 1.29 is 4.79 Å². The predicted molar refractivity (Wildman–Crippen MR) is 118 cm³/mol. The van der Waals surface area contributed by atoms with Crippen LogP contribution in [0.15, 0.2) is 72.8 Å². The molecule has 4 rings (SSSR count). The average Bonchev–Trinajstić information content (AvgIpc) is 3.02. The molecular formula is C21H17ClN4OS. The Labute approximate surface area is 172 Å². The zero-order chi connectivity index (χ0) is 19.5. The molecule has 0 saturated heterocycles. The topological polar surface area (TPSA) is 58.1 Å². The van der Waals surface area contributed by atoms with Gasteiger partial charge in [-0.25, -0.2) is 0 Å². The van der Waals surface area contributed by atoms with Crippen molar-refractivity contribution in [3.05, 3.63) is 77.8 Å². The second-order valence-corrected chi connectivity index (χ2v) is 7.10. The van der Waals surface area contributed by atoms with Crippen LogP contribution in [0.1, 0.15) is 0 Å². The highest BCUT2D eigenvalue weighted by Crippen LogP contribution is 2.28. The molecule has 0 unspecified atom stereocenters. The normalized spacial score (nSPS) is 10.8. The first-order chi connectivity index (χ1) is 13.6. The second-order valence-electron chi connectivity index (χ2n) is 6.25. The van der Waals surface area contributed by atoms with Crippen molar-refractivity contribution in [2.24, 2.45) is 0 Å². The van der Waals surface area contributed by atoms with Gasteiger partial charge in [-0.15, -0.1) is 0 Å². The first-order valence-electron chi connectivity index (χ1n) is 8.69. The third kappa shape index (κ3) is 3.78. The molecule has 0 atom stereocenters. The highest BCUT2D eigenvalue weighted by Gasteiger charge is 2.12. The Bertz CT molecular complexity index is 1120. The molecule has 0 fully saturated rings. The number of halogens is 1. The minimum absolute atomic E-state index is 0.171. The van der Waals surface area contributed by atoms with Crippen molar-refractivity contribution in [3.63, 3.8) is 0 Å². The van der Waals surface area contributed by atoms with E-state index < -0.39 is 0 Å². The molecule has 28 heavy (non-hydrogen) atoms. The van der Waals surface area contributed by atoms with E-state index in [9.17, 15) is 4.79 Å². The summed E-state index contributed by atoms with van der Waals surface area (Å²) in [6.45, 7) is 0.171. The van der Waals surface area contributed by atoms with Crippen LogP contribution in [0.25, 0.3) is 21.8 Å². The maximum Gasteiger partial charge on any atom is 0.258 e. The Morgan fingerprint density at radius 1 is 0.857 bits per heavy atom. The molecule has 0 radical (unpaired) electrons. The fourth-order valence-electron chi connectivity index (χ4n) is 3.18. The molecule has 0 aliphatic rings. The smallest absolute Gasteiger partial charge is 0.258 e. The number of aromatic nitrogens is 1. The molecule has 0 aliphatic heterocycles. The lowest BCUT2D eigenvalue weighted by Gasteiger charge is -2.13. The third-order valence-corrected chi connectivity index (χ3v) is 4.86. The van der Waals surface area contributed by atoms with E-state index in [1.54, 1.807) is 24.3 Å². The Morgan fingerprint density at radius 2 is 1.43 bits per heavy atom. The molecule has 3 aromatic carbocycles. The first-order valence-corrected chi connectivity index (χ1v) is 9.48. The van der Waals surface area contributed by atoms with Crippen LogP contribution < -0.4 is 16.2 Å². The van der Waals surface area contributed by atoms with Crippen molar-refractivity contribution in [2.75, 3.05) is 5.32 Å². The van der Waals surface area contributed by atoms with Gasteiger partial charge in [0.05, 0.1) is 0 Å². The van der Waals surface area contributed by atoms with E-state index in [1.807, 2.05) is 41.0 Å². The number of rotatable bonds is 3. The van der Waals surface area contributed by atoms with Gasteiger partial charge >= 0.3 is 0 Å². The summed E-state index contributed by atoms with van der Waals surface area (Å²) in [7, 11) is 0. The van der Waals surface area contributed by atoms with E-state index in [0.29, 0.717) is 5.02 Å². The number of amides is 1. The predicted octanol–water partition coefficient (Wildman–Crippen LogP) is 4.47. The summed E-state index contributed by atoms with van der Waals surface area (Å²) in [4.78, 5) is 12.5. The second kappa shape index (κ2) is 7.88. The molecule has 1 heterocycles. The molecule has 0 bridgehead atoms. The van der Waals surface area contributed by atoms with Crippen LogP contribution in [0.3, 0.4) is 0 Å².